The Morgan fingerprint density at radius 1 is 1.04 bits per heavy atom. The third-order valence-electron chi connectivity index (χ3n) is 5.00. The van der Waals surface area contributed by atoms with Gasteiger partial charge in [-0.3, -0.25) is 4.79 Å². The van der Waals surface area contributed by atoms with Crippen molar-refractivity contribution in [2.45, 2.75) is 43.2 Å². The van der Waals surface area contributed by atoms with Crippen LogP contribution in [0.2, 0.25) is 0 Å². The van der Waals surface area contributed by atoms with Gasteiger partial charge in [0.2, 0.25) is 5.91 Å². The number of nitrogens with one attached hydrogen (secondary N) is 1. The number of aryl methyl sites for hydroxylation is 1. The van der Waals surface area contributed by atoms with E-state index in [4.69, 9.17) is 0 Å². The Hall–Kier alpha value is -2.60. The molecule has 1 amide bonds. The van der Waals surface area contributed by atoms with Gasteiger partial charge in [0.25, 0.3) is 0 Å². The number of amides is 1. The van der Waals surface area contributed by atoms with Gasteiger partial charge in [0.1, 0.15) is 11.6 Å². The summed E-state index contributed by atoms with van der Waals surface area (Å²) in [5.74, 6) is 2.58. The second kappa shape index (κ2) is 9.06. The molecule has 4 rings (SSSR count). The first-order valence-corrected chi connectivity index (χ1v) is 10.7. The van der Waals surface area contributed by atoms with Crippen LogP contribution in [-0.4, -0.2) is 32.5 Å². The molecule has 6 heteroatoms. The zero-order valence-corrected chi connectivity index (χ0v) is 16.6. The van der Waals surface area contributed by atoms with Gasteiger partial charge in [0, 0.05) is 30.3 Å². The fourth-order valence-corrected chi connectivity index (χ4v) is 4.27. The van der Waals surface area contributed by atoms with Crippen LogP contribution >= 0.6 is 11.8 Å². The van der Waals surface area contributed by atoms with Gasteiger partial charge in [-0.2, -0.15) is 0 Å². The first-order chi connectivity index (χ1) is 13.8. The van der Waals surface area contributed by atoms with E-state index in [1.165, 1.54) is 5.56 Å². The number of nitrogens with zero attached hydrogens (tertiary/aromatic N) is 3. The molecule has 0 saturated heterocycles. The van der Waals surface area contributed by atoms with Crippen LogP contribution in [0, 0.1) is 0 Å². The Kier molecular flexibility index (Phi) is 6.07. The molecule has 1 aliphatic rings. The molecule has 1 N–H and O–H groups in total. The third kappa shape index (κ3) is 4.81. The van der Waals surface area contributed by atoms with Gasteiger partial charge in [0.15, 0.2) is 0 Å². The Labute approximate surface area is 169 Å². The molecule has 0 bridgehead atoms. The Morgan fingerprint density at radius 2 is 1.79 bits per heavy atom. The van der Waals surface area contributed by atoms with E-state index in [-0.39, 0.29) is 11.9 Å². The molecule has 2 aromatic carbocycles. The number of carbonyl (C=O) groups is 1. The second-order valence-corrected chi connectivity index (χ2v) is 8.09. The molecule has 5 nitrogen and oxygen atoms in total. The molecule has 1 aromatic heterocycles. The highest BCUT2D eigenvalue weighted by Gasteiger charge is 2.21. The average Bonchev–Trinajstić information content (AvgIpc) is 2.99. The zero-order valence-electron chi connectivity index (χ0n) is 15.8. The summed E-state index contributed by atoms with van der Waals surface area (Å²) in [5.41, 5.74) is 1.24. The van der Waals surface area contributed by atoms with Crippen molar-refractivity contribution in [2.75, 3.05) is 5.75 Å². The summed E-state index contributed by atoms with van der Waals surface area (Å²) >= 11 is 1.58. The van der Waals surface area contributed by atoms with Gasteiger partial charge >= 0.3 is 0 Å². The Morgan fingerprint density at radius 3 is 2.57 bits per heavy atom. The average molecular weight is 393 g/mol. The lowest BCUT2D eigenvalue weighted by Crippen LogP contribution is -2.36. The number of rotatable bonds is 6. The normalized spacial score (nSPS) is 16.2. The maximum Gasteiger partial charge on any atom is 0.230 e. The molecule has 0 aliphatic carbocycles. The molecule has 1 unspecified atom stereocenters. The topological polar surface area (TPSA) is 59.8 Å². The molecule has 144 valence electrons. The standard InChI is InChI=1S/C22H24N4OS/c27-22(16-28-19-9-5-2-6-10-19)23-18-11-12-20-24-25-21(26(20)14-13-18)15-17-7-3-1-4-8-17/h1-10,18H,11-16H2,(H,23,27). The minimum Gasteiger partial charge on any atom is -0.353 e. The van der Waals surface area contributed by atoms with Gasteiger partial charge in [-0.1, -0.05) is 48.5 Å². The van der Waals surface area contributed by atoms with E-state index in [0.29, 0.717) is 5.75 Å². The summed E-state index contributed by atoms with van der Waals surface area (Å²) in [6.07, 6.45) is 3.46. The van der Waals surface area contributed by atoms with Crippen molar-refractivity contribution in [2.24, 2.45) is 0 Å². The van der Waals surface area contributed by atoms with E-state index < -0.39 is 0 Å². The maximum atomic E-state index is 12.3. The first kappa shape index (κ1) is 18.7. The van der Waals surface area contributed by atoms with Crippen molar-refractivity contribution in [1.29, 1.82) is 0 Å². The summed E-state index contributed by atoms with van der Waals surface area (Å²) in [4.78, 5) is 13.5. The van der Waals surface area contributed by atoms with Gasteiger partial charge in [0.05, 0.1) is 5.75 Å². The molecule has 1 aliphatic heterocycles. The van der Waals surface area contributed by atoms with Gasteiger partial charge < -0.3 is 9.88 Å². The Balaban J connectivity index is 1.31. The van der Waals surface area contributed by atoms with Gasteiger partial charge in [-0.15, -0.1) is 22.0 Å². The van der Waals surface area contributed by atoms with Crippen LogP contribution in [0.3, 0.4) is 0 Å². The molecular formula is C22H24N4OS. The van der Waals surface area contributed by atoms with Crippen LogP contribution in [0.25, 0.3) is 0 Å². The summed E-state index contributed by atoms with van der Waals surface area (Å²) in [7, 11) is 0. The molecule has 0 fully saturated rings. The highest BCUT2D eigenvalue weighted by atomic mass is 32.2. The van der Waals surface area contributed by atoms with E-state index in [1.54, 1.807) is 11.8 Å². The van der Waals surface area contributed by atoms with Crippen molar-refractivity contribution in [3.63, 3.8) is 0 Å². The number of fused-ring (bicyclic) bond motifs is 1. The van der Waals surface area contributed by atoms with E-state index >= 15 is 0 Å². The largest absolute Gasteiger partial charge is 0.353 e. The SMILES string of the molecule is O=C(CSc1ccccc1)NC1CCc2nnc(Cc3ccccc3)n2CC1. The van der Waals surface area contributed by atoms with Crippen molar-refractivity contribution >= 4 is 17.7 Å². The predicted octanol–water partition coefficient (Wildman–Crippen LogP) is 3.48. The summed E-state index contributed by atoms with van der Waals surface area (Å²) in [6.45, 7) is 0.848. The van der Waals surface area contributed by atoms with Crippen molar-refractivity contribution in [3.05, 3.63) is 77.9 Å². The fraction of sp³-hybridized carbons (Fsp3) is 0.318. The third-order valence-corrected chi connectivity index (χ3v) is 6.02. The molecule has 2 heterocycles. The number of aromatic nitrogens is 3. The predicted molar refractivity (Wildman–Crippen MR) is 111 cm³/mol. The smallest absolute Gasteiger partial charge is 0.230 e. The summed E-state index contributed by atoms with van der Waals surface area (Å²) in [5, 5.41) is 12.0. The van der Waals surface area contributed by atoms with Gasteiger partial charge in [-0.25, -0.2) is 0 Å². The van der Waals surface area contributed by atoms with Crippen LogP contribution in [0.4, 0.5) is 0 Å². The minimum absolute atomic E-state index is 0.0982. The monoisotopic (exact) mass is 392 g/mol. The molecule has 0 radical (unpaired) electrons. The van der Waals surface area contributed by atoms with Crippen LogP contribution in [0.15, 0.2) is 65.6 Å². The van der Waals surface area contributed by atoms with Crippen molar-refractivity contribution in [1.82, 2.24) is 20.1 Å². The lowest BCUT2D eigenvalue weighted by molar-refractivity contribution is -0.119. The maximum absolute atomic E-state index is 12.3. The molecular weight excluding hydrogens is 368 g/mol. The van der Waals surface area contributed by atoms with E-state index in [0.717, 1.165) is 48.8 Å². The highest BCUT2D eigenvalue weighted by Crippen LogP contribution is 2.19. The van der Waals surface area contributed by atoms with Crippen molar-refractivity contribution < 1.29 is 4.79 Å². The molecule has 0 saturated carbocycles. The molecule has 28 heavy (non-hydrogen) atoms. The van der Waals surface area contributed by atoms with Crippen LogP contribution in [0.5, 0.6) is 0 Å². The zero-order chi connectivity index (χ0) is 19.2. The first-order valence-electron chi connectivity index (χ1n) is 9.70. The lowest BCUT2D eigenvalue weighted by Gasteiger charge is -2.16. The van der Waals surface area contributed by atoms with E-state index in [9.17, 15) is 4.79 Å². The summed E-state index contributed by atoms with van der Waals surface area (Å²) in [6, 6.07) is 20.6. The number of hydrogen-bond donors (Lipinski definition) is 1. The molecule has 1 atom stereocenters. The molecule has 0 spiro atoms. The van der Waals surface area contributed by atoms with Crippen LogP contribution < -0.4 is 5.32 Å². The van der Waals surface area contributed by atoms with Gasteiger partial charge in [-0.05, 0) is 30.5 Å². The van der Waals surface area contributed by atoms with E-state index in [1.807, 2.05) is 48.5 Å². The van der Waals surface area contributed by atoms with E-state index in [2.05, 4.69) is 32.2 Å². The van der Waals surface area contributed by atoms with Crippen molar-refractivity contribution in [3.8, 4) is 0 Å². The Bertz CT molecular complexity index is 911. The highest BCUT2D eigenvalue weighted by molar-refractivity contribution is 8.00. The number of thioether (sulfide) groups is 1. The fourth-order valence-electron chi connectivity index (χ4n) is 3.54. The second-order valence-electron chi connectivity index (χ2n) is 7.04. The summed E-state index contributed by atoms with van der Waals surface area (Å²) < 4.78 is 2.23. The minimum atomic E-state index is 0.0982. The number of benzene rings is 2. The van der Waals surface area contributed by atoms with Crippen LogP contribution in [0.1, 0.15) is 30.1 Å². The number of hydrogen-bond acceptors (Lipinski definition) is 4. The molecule has 3 aromatic rings. The quantitative estimate of drug-likeness (QED) is 0.653. The lowest BCUT2D eigenvalue weighted by atomic mass is 10.1. The van der Waals surface area contributed by atoms with Crippen LogP contribution in [-0.2, 0) is 24.2 Å². The number of carbonyl (C=O) groups excluding carboxylic acids is 1.